The number of para-hydroxylation sites is 1. The maximum Gasteiger partial charge on any atom is 0.496 e. The Labute approximate surface area is 119 Å². The number of anilines is 1. The van der Waals surface area contributed by atoms with Crippen molar-refractivity contribution in [3.05, 3.63) is 23.8 Å². The average Bonchev–Trinajstić information content (AvgIpc) is 2.57. The predicted molar refractivity (Wildman–Crippen MR) is 77.9 cm³/mol. The maximum atomic E-state index is 11.7. The third kappa shape index (κ3) is 2.29. The second kappa shape index (κ2) is 4.79. The van der Waals surface area contributed by atoms with Crippen LogP contribution in [0.25, 0.3) is 0 Å². The average molecular weight is 277 g/mol. The molecule has 0 bridgehead atoms. The molecule has 0 amide bonds. The molecule has 20 heavy (non-hydrogen) atoms. The smallest absolute Gasteiger partial charge is 0.465 e. The molecule has 1 aliphatic heterocycles. The van der Waals surface area contributed by atoms with Gasteiger partial charge in [0.1, 0.15) is 0 Å². The van der Waals surface area contributed by atoms with Crippen LogP contribution in [0.3, 0.4) is 0 Å². The maximum absolute atomic E-state index is 11.7. The molecule has 6 heteroatoms. The standard InChI is InChI=1S/C14H20BNO4/c1-13(2)14(3,4)20-15(19-13)10-8-6-7-9(11(10)16)12(17)18-5/h6-8H,16H2,1-5H3. The molecule has 1 aliphatic rings. The number of hydrogen-bond donors (Lipinski definition) is 1. The van der Waals surface area contributed by atoms with E-state index in [1.54, 1.807) is 18.2 Å². The van der Waals surface area contributed by atoms with E-state index in [9.17, 15) is 4.79 Å². The van der Waals surface area contributed by atoms with Crippen LogP contribution in [0, 0.1) is 0 Å². The molecule has 1 aromatic carbocycles. The van der Waals surface area contributed by atoms with Crippen molar-refractivity contribution in [1.29, 1.82) is 0 Å². The quantitative estimate of drug-likeness (QED) is 0.502. The van der Waals surface area contributed by atoms with Gasteiger partial charge in [0.15, 0.2) is 0 Å². The monoisotopic (exact) mass is 277 g/mol. The number of nitrogen functional groups attached to an aromatic ring is 1. The lowest BCUT2D eigenvalue weighted by atomic mass is 9.77. The molecule has 1 aromatic rings. The first-order valence-corrected chi connectivity index (χ1v) is 6.52. The van der Waals surface area contributed by atoms with Crippen LogP contribution in [0.5, 0.6) is 0 Å². The summed E-state index contributed by atoms with van der Waals surface area (Å²) >= 11 is 0. The Balaban J connectivity index is 2.39. The molecule has 0 atom stereocenters. The van der Waals surface area contributed by atoms with Crippen molar-refractivity contribution in [2.75, 3.05) is 12.8 Å². The zero-order chi connectivity index (χ0) is 15.1. The van der Waals surface area contributed by atoms with Gasteiger partial charge in [0.05, 0.1) is 23.9 Å². The Kier molecular flexibility index (Phi) is 3.56. The summed E-state index contributed by atoms with van der Waals surface area (Å²) in [6.45, 7) is 7.86. The highest BCUT2D eigenvalue weighted by atomic mass is 16.7. The second-order valence-corrected chi connectivity index (χ2v) is 5.89. The van der Waals surface area contributed by atoms with Gasteiger partial charge in [-0.3, -0.25) is 0 Å². The fourth-order valence-electron chi connectivity index (χ4n) is 2.05. The summed E-state index contributed by atoms with van der Waals surface area (Å²) in [6.07, 6.45) is 0. The molecular formula is C14H20BNO4. The first kappa shape index (κ1) is 14.9. The van der Waals surface area contributed by atoms with Crippen LogP contribution in [0.4, 0.5) is 5.69 Å². The second-order valence-electron chi connectivity index (χ2n) is 5.89. The van der Waals surface area contributed by atoms with E-state index in [1.165, 1.54) is 7.11 Å². The number of methoxy groups -OCH3 is 1. The molecule has 1 heterocycles. The van der Waals surface area contributed by atoms with Crippen LogP contribution < -0.4 is 11.2 Å². The number of benzene rings is 1. The van der Waals surface area contributed by atoms with Gasteiger partial charge in [0.25, 0.3) is 0 Å². The Morgan fingerprint density at radius 2 is 1.75 bits per heavy atom. The number of nitrogens with two attached hydrogens (primary N) is 1. The van der Waals surface area contributed by atoms with Gasteiger partial charge in [-0.15, -0.1) is 0 Å². The summed E-state index contributed by atoms with van der Waals surface area (Å²) in [5.41, 5.74) is 6.45. The van der Waals surface area contributed by atoms with Crippen molar-refractivity contribution in [2.45, 2.75) is 38.9 Å². The van der Waals surface area contributed by atoms with Gasteiger partial charge in [-0.2, -0.15) is 0 Å². The first-order chi connectivity index (χ1) is 9.19. The largest absolute Gasteiger partial charge is 0.496 e. The highest BCUT2D eigenvalue weighted by Crippen LogP contribution is 2.37. The van der Waals surface area contributed by atoms with Gasteiger partial charge in [0.2, 0.25) is 0 Å². The lowest BCUT2D eigenvalue weighted by Crippen LogP contribution is -2.41. The number of carbonyl (C=O) groups excluding carboxylic acids is 1. The van der Waals surface area contributed by atoms with Gasteiger partial charge in [0, 0.05) is 11.2 Å². The summed E-state index contributed by atoms with van der Waals surface area (Å²) < 4.78 is 16.6. The van der Waals surface area contributed by atoms with Crippen molar-refractivity contribution >= 4 is 24.2 Å². The summed E-state index contributed by atoms with van der Waals surface area (Å²) in [4.78, 5) is 11.7. The lowest BCUT2D eigenvalue weighted by Gasteiger charge is -2.32. The summed E-state index contributed by atoms with van der Waals surface area (Å²) in [6, 6.07) is 5.16. The molecule has 0 aliphatic carbocycles. The molecule has 0 spiro atoms. The Bertz CT molecular complexity index is 526. The van der Waals surface area contributed by atoms with Gasteiger partial charge >= 0.3 is 13.1 Å². The summed E-state index contributed by atoms with van der Waals surface area (Å²) in [5, 5.41) is 0. The molecule has 2 N–H and O–H groups in total. The Morgan fingerprint density at radius 3 is 2.25 bits per heavy atom. The molecule has 5 nitrogen and oxygen atoms in total. The molecule has 1 fully saturated rings. The van der Waals surface area contributed by atoms with Gasteiger partial charge in [-0.25, -0.2) is 4.79 Å². The number of carbonyl (C=O) groups is 1. The van der Waals surface area contributed by atoms with E-state index in [1.807, 2.05) is 27.7 Å². The SMILES string of the molecule is COC(=O)c1cccc(B2OC(C)(C)C(C)(C)O2)c1N. The normalized spacial score (nSPS) is 19.9. The van der Waals surface area contributed by atoms with Crippen molar-refractivity contribution in [2.24, 2.45) is 0 Å². The van der Waals surface area contributed by atoms with E-state index in [0.717, 1.165) is 0 Å². The highest BCUT2D eigenvalue weighted by Gasteiger charge is 2.52. The molecular weight excluding hydrogens is 257 g/mol. The van der Waals surface area contributed by atoms with Crippen molar-refractivity contribution in [3.63, 3.8) is 0 Å². The van der Waals surface area contributed by atoms with E-state index in [-0.39, 0.29) is 0 Å². The van der Waals surface area contributed by atoms with Crippen LogP contribution in [0.1, 0.15) is 38.1 Å². The molecule has 0 aromatic heterocycles. The number of esters is 1. The van der Waals surface area contributed by atoms with E-state index < -0.39 is 24.3 Å². The minimum Gasteiger partial charge on any atom is -0.465 e. The molecule has 0 radical (unpaired) electrons. The zero-order valence-electron chi connectivity index (χ0n) is 12.5. The van der Waals surface area contributed by atoms with Crippen molar-refractivity contribution < 1.29 is 18.8 Å². The fraction of sp³-hybridized carbons (Fsp3) is 0.500. The number of hydrogen-bond acceptors (Lipinski definition) is 5. The number of rotatable bonds is 2. The summed E-state index contributed by atoms with van der Waals surface area (Å²) in [5.74, 6) is -0.471. The van der Waals surface area contributed by atoms with Crippen LogP contribution in [0.2, 0.25) is 0 Å². The minimum atomic E-state index is -0.593. The molecule has 2 rings (SSSR count). The van der Waals surface area contributed by atoms with Crippen molar-refractivity contribution in [1.82, 2.24) is 0 Å². The van der Waals surface area contributed by atoms with Crippen LogP contribution >= 0.6 is 0 Å². The molecule has 108 valence electrons. The highest BCUT2D eigenvalue weighted by molar-refractivity contribution is 6.64. The zero-order valence-corrected chi connectivity index (χ0v) is 12.5. The van der Waals surface area contributed by atoms with Gasteiger partial charge in [-0.05, 0) is 33.8 Å². The third-order valence-corrected chi connectivity index (χ3v) is 4.05. The minimum absolute atomic E-state index is 0.319. The third-order valence-electron chi connectivity index (χ3n) is 4.05. The van der Waals surface area contributed by atoms with Crippen molar-refractivity contribution in [3.8, 4) is 0 Å². The van der Waals surface area contributed by atoms with Gasteiger partial charge < -0.3 is 19.8 Å². The Morgan fingerprint density at radius 1 is 1.20 bits per heavy atom. The van der Waals surface area contributed by atoms with E-state index >= 15 is 0 Å². The van der Waals surface area contributed by atoms with Gasteiger partial charge in [-0.1, -0.05) is 12.1 Å². The van der Waals surface area contributed by atoms with E-state index in [4.69, 9.17) is 19.8 Å². The van der Waals surface area contributed by atoms with Crippen LogP contribution in [0.15, 0.2) is 18.2 Å². The molecule has 0 unspecified atom stereocenters. The Hall–Kier alpha value is -1.53. The molecule has 1 saturated heterocycles. The first-order valence-electron chi connectivity index (χ1n) is 6.52. The number of ether oxygens (including phenoxy) is 1. The van der Waals surface area contributed by atoms with E-state index in [2.05, 4.69) is 0 Å². The lowest BCUT2D eigenvalue weighted by molar-refractivity contribution is 0.00578. The fourth-order valence-corrected chi connectivity index (χ4v) is 2.05. The summed E-state index contributed by atoms with van der Waals surface area (Å²) in [7, 11) is 0.730. The molecule has 0 saturated carbocycles. The topological polar surface area (TPSA) is 70.8 Å². The van der Waals surface area contributed by atoms with Crippen LogP contribution in [-0.2, 0) is 14.0 Å². The van der Waals surface area contributed by atoms with Crippen LogP contribution in [-0.4, -0.2) is 31.4 Å². The van der Waals surface area contributed by atoms with E-state index in [0.29, 0.717) is 16.7 Å². The predicted octanol–water partition coefficient (Wildman–Crippen LogP) is 1.35.